The number of amides is 3. The van der Waals surface area contributed by atoms with Crippen LogP contribution in [0.15, 0.2) is 59.1 Å². The van der Waals surface area contributed by atoms with Crippen molar-refractivity contribution in [3.8, 4) is 5.75 Å². The van der Waals surface area contributed by atoms with Crippen LogP contribution >= 0.6 is 15.9 Å². The lowest BCUT2D eigenvalue weighted by Crippen LogP contribution is -3.11. The second-order valence-corrected chi connectivity index (χ2v) is 6.73. The summed E-state index contributed by atoms with van der Waals surface area (Å²) in [6, 6.07) is 16.0. The quantitative estimate of drug-likeness (QED) is 0.635. The Hall–Kier alpha value is -2.38. The van der Waals surface area contributed by atoms with Crippen LogP contribution in [0.1, 0.15) is 11.6 Å². The number of rotatable bonds is 7. The minimum absolute atomic E-state index is 0.350. The summed E-state index contributed by atoms with van der Waals surface area (Å²) in [4.78, 5) is 25.0. The number of carbonyl (C=O) groups excluding carboxylic acids is 2. The van der Waals surface area contributed by atoms with Gasteiger partial charge < -0.3 is 15.0 Å². The molecule has 2 aromatic carbocycles. The van der Waals surface area contributed by atoms with E-state index in [0.717, 1.165) is 20.7 Å². The van der Waals surface area contributed by atoms with E-state index in [1.807, 2.05) is 61.6 Å². The van der Waals surface area contributed by atoms with Crippen molar-refractivity contribution in [3.05, 3.63) is 64.6 Å². The summed E-state index contributed by atoms with van der Waals surface area (Å²) in [6.45, 7) is 1.04. The Morgan fingerprint density at radius 3 is 2.38 bits per heavy atom. The summed E-state index contributed by atoms with van der Waals surface area (Å²) >= 11 is 3.39. The van der Waals surface area contributed by atoms with Gasteiger partial charge in [0.05, 0.1) is 7.05 Å². The maximum absolute atomic E-state index is 12.6. The Bertz CT molecular complexity index is 723. The fourth-order valence-corrected chi connectivity index (χ4v) is 2.82. The zero-order chi connectivity index (χ0) is 18.9. The van der Waals surface area contributed by atoms with Crippen molar-refractivity contribution in [1.29, 1.82) is 0 Å². The molecule has 7 heteroatoms. The molecule has 3 N–H and O–H groups in total. The first-order valence-corrected chi connectivity index (χ1v) is 9.08. The molecule has 0 saturated carbocycles. The van der Waals surface area contributed by atoms with Gasteiger partial charge in [0.15, 0.2) is 6.04 Å². The van der Waals surface area contributed by atoms with Gasteiger partial charge in [-0.2, -0.15) is 0 Å². The van der Waals surface area contributed by atoms with E-state index in [-0.39, 0.29) is 5.91 Å². The summed E-state index contributed by atoms with van der Waals surface area (Å²) in [5.41, 5.74) is 0.843. The lowest BCUT2D eigenvalue weighted by molar-refractivity contribution is -0.902. The molecule has 0 radical (unpaired) electrons. The molecule has 0 aliphatic rings. The molecule has 1 unspecified atom stereocenters. The molecule has 2 rings (SSSR count). The molecule has 6 nitrogen and oxygen atoms in total. The maximum Gasteiger partial charge on any atom is 0.321 e. The number of hydrogen-bond acceptors (Lipinski definition) is 3. The number of halogens is 1. The van der Waals surface area contributed by atoms with Crippen LogP contribution in [-0.2, 0) is 4.79 Å². The Morgan fingerprint density at radius 1 is 1.12 bits per heavy atom. The smallest absolute Gasteiger partial charge is 0.321 e. The molecule has 0 saturated heterocycles. The standard InChI is InChI=1S/C19H22BrN3O3/c1-21-19(25)22-18(24)17(14-6-4-3-5-7-14)23(2)12-13-26-16-10-8-15(20)9-11-16/h3-11,17H,12-13H2,1-2H3,(H2,21,22,24,25)/p+1/t17-/m0/s1. The summed E-state index contributed by atoms with van der Waals surface area (Å²) < 4.78 is 6.74. The van der Waals surface area contributed by atoms with Gasteiger partial charge in [-0.05, 0) is 24.3 Å². The van der Waals surface area contributed by atoms with Crippen molar-refractivity contribution in [2.24, 2.45) is 0 Å². The summed E-state index contributed by atoms with van der Waals surface area (Å²) in [6.07, 6.45) is 0. The largest absolute Gasteiger partial charge is 0.488 e. The van der Waals surface area contributed by atoms with Gasteiger partial charge in [0.25, 0.3) is 5.91 Å². The predicted octanol–water partition coefficient (Wildman–Crippen LogP) is 1.54. The number of quaternary nitrogens is 1. The average Bonchev–Trinajstić information content (AvgIpc) is 2.64. The Kier molecular flexibility index (Phi) is 7.62. The van der Waals surface area contributed by atoms with Crippen LogP contribution in [0.25, 0.3) is 0 Å². The van der Waals surface area contributed by atoms with Crippen LogP contribution in [0.3, 0.4) is 0 Å². The molecular weight excluding hydrogens is 398 g/mol. The minimum atomic E-state index is -0.519. The Labute approximate surface area is 161 Å². The number of imide groups is 1. The molecule has 3 amide bonds. The van der Waals surface area contributed by atoms with Gasteiger partial charge in [0.1, 0.15) is 18.9 Å². The monoisotopic (exact) mass is 420 g/mol. The Balaban J connectivity index is 2.02. The third-order valence-corrected chi connectivity index (χ3v) is 4.46. The van der Waals surface area contributed by atoms with Crippen molar-refractivity contribution in [1.82, 2.24) is 10.6 Å². The van der Waals surface area contributed by atoms with E-state index in [1.165, 1.54) is 7.05 Å². The molecule has 26 heavy (non-hydrogen) atoms. The summed E-state index contributed by atoms with van der Waals surface area (Å²) in [7, 11) is 3.38. The number of urea groups is 1. The van der Waals surface area contributed by atoms with E-state index in [1.54, 1.807) is 0 Å². The molecule has 2 aromatic rings. The molecule has 0 aliphatic heterocycles. The zero-order valence-corrected chi connectivity index (χ0v) is 16.4. The van der Waals surface area contributed by atoms with Gasteiger partial charge in [-0.3, -0.25) is 10.1 Å². The number of carbonyl (C=O) groups is 2. The normalized spacial score (nSPS) is 12.7. The lowest BCUT2D eigenvalue weighted by atomic mass is 10.0. The number of hydrogen-bond donors (Lipinski definition) is 3. The van der Waals surface area contributed by atoms with Crippen LogP contribution < -0.4 is 20.3 Å². The predicted molar refractivity (Wildman–Crippen MR) is 103 cm³/mol. The highest BCUT2D eigenvalue weighted by atomic mass is 79.9. The first kappa shape index (κ1) is 19.9. The first-order valence-electron chi connectivity index (χ1n) is 8.29. The highest BCUT2D eigenvalue weighted by Crippen LogP contribution is 2.15. The van der Waals surface area contributed by atoms with Crippen molar-refractivity contribution in [2.45, 2.75) is 6.04 Å². The van der Waals surface area contributed by atoms with Gasteiger partial charge in [-0.1, -0.05) is 46.3 Å². The maximum atomic E-state index is 12.6. The number of likely N-dealkylation sites (N-methyl/N-ethyl adjacent to an activating group) is 1. The van der Waals surface area contributed by atoms with Gasteiger partial charge in [-0.15, -0.1) is 0 Å². The molecule has 0 aromatic heterocycles. The highest BCUT2D eigenvalue weighted by Gasteiger charge is 2.30. The van der Waals surface area contributed by atoms with E-state index in [2.05, 4.69) is 26.6 Å². The highest BCUT2D eigenvalue weighted by molar-refractivity contribution is 9.10. The summed E-state index contributed by atoms with van der Waals surface area (Å²) in [5, 5.41) is 4.77. The van der Waals surface area contributed by atoms with Gasteiger partial charge in [-0.25, -0.2) is 4.79 Å². The van der Waals surface area contributed by atoms with Gasteiger partial charge in [0.2, 0.25) is 0 Å². The summed E-state index contributed by atoms with van der Waals surface area (Å²) in [5.74, 6) is 0.420. The van der Waals surface area contributed by atoms with E-state index in [0.29, 0.717) is 13.2 Å². The number of benzene rings is 2. The van der Waals surface area contributed by atoms with Crippen LogP contribution in [-0.4, -0.2) is 39.2 Å². The van der Waals surface area contributed by atoms with Crippen molar-refractivity contribution < 1.29 is 19.2 Å². The third kappa shape index (κ3) is 5.86. The van der Waals surface area contributed by atoms with Crippen molar-refractivity contribution >= 4 is 27.9 Å². The number of nitrogens with one attached hydrogen (secondary N) is 3. The minimum Gasteiger partial charge on any atom is -0.488 e. The molecule has 2 atom stereocenters. The molecule has 0 fully saturated rings. The molecule has 0 bridgehead atoms. The molecular formula is C19H23BrN3O3+. The van der Waals surface area contributed by atoms with Crippen LogP contribution in [0.2, 0.25) is 0 Å². The van der Waals surface area contributed by atoms with E-state index >= 15 is 0 Å². The van der Waals surface area contributed by atoms with Crippen LogP contribution in [0.5, 0.6) is 5.75 Å². The fourth-order valence-electron chi connectivity index (χ4n) is 2.56. The lowest BCUT2D eigenvalue weighted by Gasteiger charge is -2.24. The SMILES string of the molecule is CNC(=O)NC(=O)[C@H](c1ccccc1)[NH+](C)CCOc1ccc(Br)cc1. The average molecular weight is 421 g/mol. The van der Waals surface area contributed by atoms with Gasteiger partial charge >= 0.3 is 6.03 Å². The van der Waals surface area contributed by atoms with Crippen molar-refractivity contribution in [2.75, 3.05) is 27.2 Å². The topological polar surface area (TPSA) is 71.9 Å². The van der Waals surface area contributed by atoms with Crippen LogP contribution in [0.4, 0.5) is 4.79 Å². The molecule has 0 aliphatic carbocycles. The Morgan fingerprint density at radius 2 is 1.77 bits per heavy atom. The number of ether oxygens (including phenoxy) is 1. The third-order valence-electron chi connectivity index (χ3n) is 3.93. The molecule has 138 valence electrons. The van der Waals surface area contributed by atoms with E-state index in [9.17, 15) is 9.59 Å². The fraction of sp³-hybridized carbons (Fsp3) is 0.263. The molecule has 0 spiro atoms. The molecule has 0 heterocycles. The second-order valence-electron chi connectivity index (χ2n) is 5.81. The van der Waals surface area contributed by atoms with E-state index < -0.39 is 12.1 Å². The van der Waals surface area contributed by atoms with Gasteiger partial charge in [0, 0.05) is 17.1 Å². The second kappa shape index (κ2) is 9.94. The van der Waals surface area contributed by atoms with E-state index in [4.69, 9.17) is 4.74 Å². The first-order chi connectivity index (χ1) is 12.5. The zero-order valence-electron chi connectivity index (χ0n) is 14.8. The van der Waals surface area contributed by atoms with Crippen LogP contribution in [0, 0.1) is 0 Å². The van der Waals surface area contributed by atoms with Crippen molar-refractivity contribution in [3.63, 3.8) is 0 Å².